The number of aromatic nitrogens is 1. The number of nitrogens with zero attached hydrogens (tertiary/aromatic N) is 2. The summed E-state index contributed by atoms with van der Waals surface area (Å²) in [5, 5.41) is 8.10. The Morgan fingerprint density at radius 1 is 1.14 bits per heavy atom. The number of carbonyl (C=O) groups excluding carboxylic acids is 1. The molecule has 2 N–H and O–H groups in total. The molecule has 0 bridgehead atoms. The molecular formula is C25H28Cl2N4O4S. The quantitative estimate of drug-likeness (QED) is 0.378. The van der Waals surface area contributed by atoms with Crippen molar-refractivity contribution in [1.29, 1.82) is 0 Å². The van der Waals surface area contributed by atoms with Gasteiger partial charge in [0.2, 0.25) is 15.9 Å². The van der Waals surface area contributed by atoms with E-state index < -0.39 is 15.9 Å². The van der Waals surface area contributed by atoms with Crippen LogP contribution in [0.5, 0.6) is 5.75 Å². The number of amides is 1. The molecule has 1 aromatic heterocycles. The lowest BCUT2D eigenvalue weighted by Gasteiger charge is -2.31. The van der Waals surface area contributed by atoms with E-state index in [1.807, 2.05) is 18.2 Å². The second kappa shape index (κ2) is 11.6. The van der Waals surface area contributed by atoms with E-state index in [-0.39, 0.29) is 23.1 Å². The molecule has 1 aliphatic rings. The number of rotatable bonds is 9. The number of halogens is 2. The number of carbonyl (C=O) groups is 1. The number of fused-ring (bicyclic) bond motifs is 1. The molecule has 1 saturated heterocycles. The number of piperidine rings is 1. The van der Waals surface area contributed by atoms with Gasteiger partial charge in [0.15, 0.2) is 0 Å². The first kappa shape index (κ1) is 26.5. The molecule has 1 amide bonds. The molecule has 0 saturated carbocycles. The van der Waals surface area contributed by atoms with Gasteiger partial charge in [0.25, 0.3) is 0 Å². The van der Waals surface area contributed by atoms with Crippen LogP contribution in [0.25, 0.3) is 10.9 Å². The first-order valence-electron chi connectivity index (χ1n) is 11.8. The van der Waals surface area contributed by atoms with Crippen LogP contribution in [0.2, 0.25) is 10.0 Å². The van der Waals surface area contributed by atoms with Crippen LogP contribution in [0.15, 0.2) is 53.6 Å². The Hall–Kier alpha value is -2.59. The normalized spacial score (nSPS) is 16.6. The molecule has 1 atom stereocenters. The van der Waals surface area contributed by atoms with Crippen molar-refractivity contribution in [1.82, 2.24) is 14.6 Å². The summed E-state index contributed by atoms with van der Waals surface area (Å²) in [4.78, 5) is 17.2. The summed E-state index contributed by atoms with van der Waals surface area (Å²) in [6.45, 7) is 3.45. The van der Waals surface area contributed by atoms with Gasteiger partial charge in [-0.1, -0.05) is 23.2 Å². The van der Waals surface area contributed by atoms with E-state index in [1.54, 1.807) is 31.3 Å². The van der Waals surface area contributed by atoms with Gasteiger partial charge in [0, 0.05) is 53.5 Å². The fraction of sp³-hybridized carbons (Fsp3) is 0.360. The van der Waals surface area contributed by atoms with Gasteiger partial charge < -0.3 is 15.4 Å². The molecule has 0 radical (unpaired) electrons. The predicted octanol–water partition coefficient (Wildman–Crippen LogP) is 4.57. The topological polar surface area (TPSA) is 101 Å². The minimum absolute atomic E-state index is 0.0213. The fourth-order valence-corrected chi connectivity index (χ4v) is 6.36. The molecular weight excluding hydrogens is 523 g/mol. The van der Waals surface area contributed by atoms with Gasteiger partial charge in [-0.3, -0.25) is 9.78 Å². The number of hydrogen-bond acceptors (Lipinski definition) is 6. The van der Waals surface area contributed by atoms with Crippen LogP contribution in [0, 0.1) is 5.92 Å². The summed E-state index contributed by atoms with van der Waals surface area (Å²) in [6, 6.07) is 11.9. The van der Waals surface area contributed by atoms with E-state index in [0.29, 0.717) is 49.1 Å². The zero-order chi connectivity index (χ0) is 25.7. The van der Waals surface area contributed by atoms with Crippen LogP contribution in [-0.2, 0) is 14.8 Å². The zero-order valence-corrected chi connectivity index (χ0v) is 22.2. The molecule has 0 spiro atoms. The fourth-order valence-electron chi connectivity index (χ4n) is 4.27. The van der Waals surface area contributed by atoms with Crippen LogP contribution in [0.3, 0.4) is 0 Å². The van der Waals surface area contributed by atoms with Gasteiger partial charge in [-0.05, 0) is 62.2 Å². The minimum Gasteiger partial charge on any atom is -0.492 e. The van der Waals surface area contributed by atoms with E-state index >= 15 is 0 Å². The van der Waals surface area contributed by atoms with Crippen molar-refractivity contribution in [2.75, 3.05) is 38.1 Å². The number of pyridine rings is 1. The van der Waals surface area contributed by atoms with Gasteiger partial charge in [0.1, 0.15) is 10.6 Å². The summed E-state index contributed by atoms with van der Waals surface area (Å²) >= 11 is 12.1. The number of nitrogens with one attached hydrogen (secondary N) is 2. The Morgan fingerprint density at radius 2 is 1.92 bits per heavy atom. The largest absolute Gasteiger partial charge is 0.492 e. The molecule has 1 fully saturated rings. The van der Waals surface area contributed by atoms with E-state index in [9.17, 15) is 13.2 Å². The third kappa shape index (κ3) is 6.03. The Kier molecular flexibility index (Phi) is 8.56. The smallest absolute Gasteiger partial charge is 0.246 e. The average Bonchev–Trinajstić information content (AvgIpc) is 2.87. The first-order valence-corrected chi connectivity index (χ1v) is 14.0. The molecule has 0 aliphatic carbocycles. The van der Waals surface area contributed by atoms with Gasteiger partial charge in [-0.25, -0.2) is 8.42 Å². The highest BCUT2D eigenvalue weighted by molar-refractivity contribution is 7.89. The second-order valence-electron chi connectivity index (χ2n) is 8.46. The van der Waals surface area contributed by atoms with E-state index in [2.05, 4.69) is 15.6 Å². The van der Waals surface area contributed by atoms with Crippen molar-refractivity contribution in [2.24, 2.45) is 5.92 Å². The molecule has 4 rings (SSSR count). The van der Waals surface area contributed by atoms with Crippen molar-refractivity contribution in [3.8, 4) is 5.75 Å². The van der Waals surface area contributed by atoms with Crippen molar-refractivity contribution in [3.05, 3.63) is 58.7 Å². The van der Waals surface area contributed by atoms with Crippen molar-refractivity contribution >= 4 is 55.7 Å². The maximum Gasteiger partial charge on any atom is 0.246 e. The Balaban J connectivity index is 1.35. The lowest BCUT2D eigenvalue weighted by Crippen LogP contribution is -2.46. The maximum absolute atomic E-state index is 13.4. The van der Waals surface area contributed by atoms with E-state index in [1.165, 1.54) is 10.4 Å². The van der Waals surface area contributed by atoms with Gasteiger partial charge >= 0.3 is 0 Å². The Bertz CT molecular complexity index is 1350. The lowest BCUT2D eigenvalue weighted by atomic mass is 9.99. The third-order valence-corrected chi connectivity index (χ3v) is 8.38. The van der Waals surface area contributed by atoms with Crippen LogP contribution < -0.4 is 15.4 Å². The lowest BCUT2D eigenvalue weighted by molar-refractivity contribution is -0.125. The van der Waals surface area contributed by atoms with Gasteiger partial charge in [-0.15, -0.1) is 0 Å². The van der Waals surface area contributed by atoms with Crippen molar-refractivity contribution < 1.29 is 17.9 Å². The van der Waals surface area contributed by atoms with Crippen LogP contribution in [0.4, 0.5) is 5.69 Å². The number of anilines is 1. The highest BCUT2D eigenvalue weighted by Gasteiger charge is 2.35. The predicted molar refractivity (Wildman–Crippen MR) is 142 cm³/mol. The maximum atomic E-state index is 13.4. The number of ether oxygens (including phenoxy) is 1. The van der Waals surface area contributed by atoms with E-state index in [4.69, 9.17) is 27.9 Å². The summed E-state index contributed by atoms with van der Waals surface area (Å²) in [7, 11) is -3.87. The number of hydrogen-bond donors (Lipinski definition) is 2. The summed E-state index contributed by atoms with van der Waals surface area (Å²) in [6.07, 6.45) is 2.91. The van der Waals surface area contributed by atoms with Crippen molar-refractivity contribution in [2.45, 2.75) is 24.7 Å². The minimum atomic E-state index is -3.87. The van der Waals surface area contributed by atoms with Crippen LogP contribution >= 0.6 is 23.2 Å². The monoisotopic (exact) mass is 550 g/mol. The standard InChI is InChI=1S/C25H28Cl2N4O4S/c1-2-35-23-8-6-19(27)15-24(23)36(33,34)31-13-3-4-17(16-31)25(32)30-12-11-29-21-9-10-28-22-14-18(26)5-7-20(21)22/h5-10,14-15,17H,2-4,11-13,16H2,1H3,(H,28,29)(H,30,32)/t17-/m0/s1. The molecule has 192 valence electrons. The molecule has 2 heterocycles. The third-order valence-electron chi connectivity index (χ3n) is 6.02. The Labute approximate surface area is 221 Å². The van der Waals surface area contributed by atoms with Crippen molar-refractivity contribution in [3.63, 3.8) is 0 Å². The highest BCUT2D eigenvalue weighted by Crippen LogP contribution is 2.32. The molecule has 36 heavy (non-hydrogen) atoms. The van der Waals surface area contributed by atoms with Crippen LogP contribution in [0.1, 0.15) is 19.8 Å². The van der Waals surface area contributed by atoms with Crippen LogP contribution in [-0.4, -0.2) is 56.4 Å². The molecule has 1 aliphatic heterocycles. The highest BCUT2D eigenvalue weighted by atomic mass is 35.5. The number of sulfonamides is 1. The van der Waals surface area contributed by atoms with Gasteiger partial charge in [-0.2, -0.15) is 4.31 Å². The van der Waals surface area contributed by atoms with E-state index in [0.717, 1.165) is 16.6 Å². The molecule has 2 aromatic carbocycles. The average molecular weight is 551 g/mol. The number of benzene rings is 2. The summed E-state index contributed by atoms with van der Waals surface area (Å²) < 4.78 is 33.6. The Morgan fingerprint density at radius 3 is 2.72 bits per heavy atom. The summed E-state index contributed by atoms with van der Waals surface area (Å²) in [5.74, 6) is -0.350. The second-order valence-corrected chi connectivity index (χ2v) is 11.2. The molecule has 3 aromatic rings. The zero-order valence-electron chi connectivity index (χ0n) is 19.8. The molecule has 0 unspecified atom stereocenters. The van der Waals surface area contributed by atoms with Gasteiger partial charge in [0.05, 0.1) is 18.0 Å². The molecule has 11 heteroatoms. The SMILES string of the molecule is CCOc1ccc(Cl)cc1S(=O)(=O)N1CCC[C@H](C(=O)NCCNc2ccnc3cc(Cl)ccc23)C1. The summed E-state index contributed by atoms with van der Waals surface area (Å²) in [5.41, 5.74) is 1.68. The molecule has 8 nitrogen and oxygen atoms in total. The first-order chi connectivity index (χ1) is 17.3.